The summed E-state index contributed by atoms with van der Waals surface area (Å²) in [5, 5.41) is 22.9. The number of nitro benzene ring substituents is 1. The number of hydrogen-bond acceptors (Lipinski definition) is 4. The van der Waals surface area contributed by atoms with Crippen molar-refractivity contribution in [3.05, 3.63) is 69.8 Å². The van der Waals surface area contributed by atoms with Crippen LogP contribution in [0.15, 0.2) is 48.5 Å². The largest absolute Gasteiger partial charge is 0.366 e. The summed E-state index contributed by atoms with van der Waals surface area (Å²) < 4.78 is 0. The number of nitriles is 1. The summed E-state index contributed by atoms with van der Waals surface area (Å²) >= 11 is 0. The summed E-state index contributed by atoms with van der Waals surface area (Å²) in [6.45, 7) is 1.99. The van der Waals surface area contributed by atoms with Crippen LogP contribution in [0, 0.1) is 28.4 Å². The zero-order chi connectivity index (χ0) is 14.5. The van der Waals surface area contributed by atoms with Gasteiger partial charge in [-0.05, 0) is 36.8 Å². The topological polar surface area (TPSA) is 79.0 Å². The quantitative estimate of drug-likeness (QED) is 0.678. The van der Waals surface area contributed by atoms with E-state index in [9.17, 15) is 15.4 Å². The Morgan fingerprint density at radius 2 is 1.75 bits per heavy atom. The highest BCUT2D eigenvalue weighted by molar-refractivity contribution is 5.49. The molecule has 20 heavy (non-hydrogen) atoms. The molecule has 1 atom stereocenters. The van der Waals surface area contributed by atoms with E-state index in [-0.39, 0.29) is 5.69 Å². The van der Waals surface area contributed by atoms with E-state index in [1.165, 1.54) is 12.1 Å². The van der Waals surface area contributed by atoms with Gasteiger partial charge in [-0.2, -0.15) is 5.26 Å². The molecule has 0 aliphatic carbocycles. The molecule has 100 valence electrons. The molecule has 2 aromatic rings. The van der Waals surface area contributed by atoms with Crippen molar-refractivity contribution < 1.29 is 4.92 Å². The van der Waals surface area contributed by atoms with Crippen molar-refractivity contribution in [2.45, 2.75) is 13.0 Å². The van der Waals surface area contributed by atoms with Gasteiger partial charge in [0.15, 0.2) is 0 Å². The van der Waals surface area contributed by atoms with Gasteiger partial charge in [0.2, 0.25) is 0 Å². The van der Waals surface area contributed by atoms with Gasteiger partial charge in [0.25, 0.3) is 5.69 Å². The highest BCUT2D eigenvalue weighted by atomic mass is 16.6. The van der Waals surface area contributed by atoms with Crippen molar-refractivity contribution in [1.82, 2.24) is 0 Å². The molecular weight excluding hydrogens is 254 g/mol. The lowest BCUT2D eigenvalue weighted by Gasteiger charge is -2.13. The van der Waals surface area contributed by atoms with E-state index in [1.54, 1.807) is 12.1 Å². The van der Waals surface area contributed by atoms with Gasteiger partial charge in [0, 0.05) is 17.8 Å². The van der Waals surface area contributed by atoms with Crippen molar-refractivity contribution in [1.29, 1.82) is 5.26 Å². The highest BCUT2D eigenvalue weighted by Gasteiger charge is 2.12. The summed E-state index contributed by atoms with van der Waals surface area (Å²) in [5.41, 5.74) is 2.68. The Bertz CT molecular complexity index is 642. The molecule has 0 aliphatic rings. The molecule has 0 fully saturated rings. The second-order valence-electron chi connectivity index (χ2n) is 4.42. The molecule has 0 bridgehead atoms. The third kappa shape index (κ3) is 3.12. The number of rotatable bonds is 4. The molecule has 0 saturated heterocycles. The standard InChI is InChI=1S/C15H13N3O2/c1-11-2-6-13(7-3-11)17-15(10-16)12-4-8-14(9-5-12)18(19)20/h2-9,15,17H,1H3. The third-order valence-corrected chi connectivity index (χ3v) is 2.93. The molecule has 0 amide bonds. The Labute approximate surface area is 116 Å². The van der Waals surface area contributed by atoms with Crippen LogP contribution in [-0.4, -0.2) is 4.92 Å². The summed E-state index contributed by atoms with van der Waals surface area (Å²) in [6.07, 6.45) is 0. The zero-order valence-corrected chi connectivity index (χ0v) is 10.9. The molecule has 2 rings (SSSR count). The maximum atomic E-state index is 10.6. The number of hydrogen-bond donors (Lipinski definition) is 1. The fraction of sp³-hybridized carbons (Fsp3) is 0.133. The van der Waals surface area contributed by atoms with Crippen LogP contribution in [0.5, 0.6) is 0 Å². The highest BCUT2D eigenvalue weighted by Crippen LogP contribution is 2.21. The van der Waals surface area contributed by atoms with E-state index in [0.717, 1.165) is 11.3 Å². The maximum absolute atomic E-state index is 10.6. The van der Waals surface area contributed by atoms with E-state index in [1.807, 2.05) is 31.2 Å². The average Bonchev–Trinajstić information content (AvgIpc) is 2.47. The van der Waals surface area contributed by atoms with Crippen molar-refractivity contribution in [2.75, 3.05) is 5.32 Å². The lowest BCUT2D eigenvalue weighted by atomic mass is 10.1. The lowest BCUT2D eigenvalue weighted by molar-refractivity contribution is -0.384. The number of non-ortho nitro benzene ring substituents is 1. The van der Waals surface area contributed by atoms with Gasteiger partial charge < -0.3 is 5.32 Å². The van der Waals surface area contributed by atoms with Crippen LogP contribution in [0.3, 0.4) is 0 Å². The van der Waals surface area contributed by atoms with Gasteiger partial charge in [-0.3, -0.25) is 10.1 Å². The summed E-state index contributed by atoms with van der Waals surface area (Å²) in [7, 11) is 0. The summed E-state index contributed by atoms with van der Waals surface area (Å²) in [5.74, 6) is 0. The van der Waals surface area contributed by atoms with E-state index < -0.39 is 11.0 Å². The van der Waals surface area contributed by atoms with Gasteiger partial charge in [-0.25, -0.2) is 0 Å². The van der Waals surface area contributed by atoms with Crippen LogP contribution in [0.4, 0.5) is 11.4 Å². The average molecular weight is 267 g/mol. The molecule has 5 heteroatoms. The van der Waals surface area contributed by atoms with Crippen molar-refractivity contribution in [2.24, 2.45) is 0 Å². The second-order valence-corrected chi connectivity index (χ2v) is 4.42. The molecule has 0 heterocycles. The monoisotopic (exact) mass is 267 g/mol. The number of nitrogens with one attached hydrogen (secondary N) is 1. The minimum atomic E-state index is -0.543. The normalized spacial score (nSPS) is 11.4. The molecule has 0 spiro atoms. The Kier molecular flexibility index (Phi) is 3.96. The number of anilines is 1. The van der Waals surface area contributed by atoms with Crippen LogP contribution in [0.2, 0.25) is 0 Å². The smallest absolute Gasteiger partial charge is 0.269 e. The van der Waals surface area contributed by atoms with Crippen LogP contribution in [-0.2, 0) is 0 Å². The van der Waals surface area contributed by atoms with Crippen molar-refractivity contribution >= 4 is 11.4 Å². The first-order valence-corrected chi connectivity index (χ1v) is 6.07. The first-order chi connectivity index (χ1) is 9.60. The van der Waals surface area contributed by atoms with Gasteiger partial charge in [0.05, 0.1) is 11.0 Å². The zero-order valence-electron chi connectivity index (χ0n) is 10.9. The van der Waals surface area contributed by atoms with E-state index >= 15 is 0 Å². The lowest BCUT2D eigenvalue weighted by Crippen LogP contribution is -2.08. The number of nitro groups is 1. The summed E-state index contributed by atoms with van der Waals surface area (Å²) in [4.78, 5) is 10.1. The van der Waals surface area contributed by atoms with Crippen LogP contribution in [0.25, 0.3) is 0 Å². The maximum Gasteiger partial charge on any atom is 0.269 e. The van der Waals surface area contributed by atoms with Crippen molar-refractivity contribution in [3.63, 3.8) is 0 Å². The fourth-order valence-corrected chi connectivity index (χ4v) is 1.80. The van der Waals surface area contributed by atoms with Crippen LogP contribution >= 0.6 is 0 Å². The number of benzene rings is 2. The minimum absolute atomic E-state index is 0.0146. The number of aryl methyl sites for hydroxylation is 1. The summed E-state index contributed by atoms with van der Waals surface area (Å²) in [6, 6.07) is 15.3. The molecule has 1 unspecified atom stereocenters. The van der Waals surface area contributed by atoms with Gasteiger partial charge in [-0.1, -0.05) is 17.7 Å². The van der Waals surface area contributed by atoms with E-state index in [0.29, 0.717) is 5.56 Å². The first kappa shape index (κ1) is 13.6. The van der Waals surface area contributed by atoms with Crippen LogP contribution < -0.4 is 5.32 Å². The van der Waals surface area contributed by atoms with Gasteiger partial charge in [0.1, 0.15) is 6.04 Å². The van der Waals surface area contributed by atoms with Crippen LogP contribution in [0.1, 0.15) is 17.2 Å². The van der Waals surface area contributed by atoms with E-state index in [4.69, 9.17) is 0 Å². The molecule has 0 aromatic heterocycles. The molecule has 5 nitrogen and oxygen atoms in total. The second kappa shape index (κ2) is 5.85. The third-order valence-electron chi connectivity index (χ3n) is 2.93. The first-order valence-electron chi connectivity index (χ1n) is 6.07. The Morgan fingerprint density at radius 3 is 2.25 bits per heavy atom. The molecule has 0 aliphatic heterocycles. The van der Waals surface area contributed by atoms with Gasteiger partial charge >= 0.3 is 0 Å². The molecule has 1 N–H and O–H groups in total. The fourth-order valence-electron chi connectivity index (χ4n) is 1.80. The Balaban J connectivity index is 2.18. The van der Waals surface area contributed by atoms with Crippen molar-refractivity contribution in [3.8, 4) is 6.07 Å². The van der Waals surface area contributed by atoms with Gasteiger partial charge in [-0.15, -0.1) is 0 Å². The predicted octanol–water partition coefficient (Wildman–Crippen LogP) is 3.58. The van der Waals surface area contributed by atoms with E-state index in [2.05, 4.69) is 11.4 Å². The SMILES string of the molecule is Cc1ccc(NC(C#N)c2ccc([N+](=O)[O-])cc2)cc1. The molecule has 0 radical (unpaired) electrons. The predicted molar refractivity (Wildman–Crippen MR) is 76.3 cm³/mol. The Morgan fingerprint density at radius 1 is 1.15 bits per heavy atom. The molecule has 0 saturated carbocycles. The minimum Gasteiger partial charge on any atom is -0.366 e. The Hall–Kier alpha value is -2.87. The number of nitrogens with zero attached hydrogens (tertiary/aromatic N) is 2. The molecule has 2 aromatic carbocycles. The molecular formula is C15H13N3O2.